The van der Waals surface area contributed by atoms with Crippen LogP contribution in [0.2, 0.25) is 0 Å². The van der Waals surface area contributed by atoms with Gasteiger partial charge in [-0.05, 0) is 19.7 Å². The summed E-state index contributed by atoms with van der Waals surface area (Å²) in [5, 5.41) is 3.09. The molecule has 0 spiro atoms. The first-order valence-electron chi connectivity index (χ1n) is 4.89. The first-order valence-corrected chi connectivity index (χ1v) is 5.77. The van der Waals surface area contributed by atoms with Crippen LogP contribution in [0.15, 0.2) is 35.8 Å². The van der Waals surface area contributed by atoms with Gasteiger partial charge in [0.2, 0.25) is 0 Å². The molecule has 0 aliphatic rings. The molecule has 3 heteroatoms. The fraction of sp³-hybridized carbons (Fsp3) is 0.250. The van der Waals surface area contributed by atoms with Crippen LogP contribution in [-0.2, 0) is 6.54 Å². The van der Waals surface area contributed by atoms with Crippen LogP contribution in [0.4, 0.5) is 0 Å². The summed E-state index contributed by atoms with van der Waals surface area (Å²) in [6.07, 6.45) is 1.84. The van der Waals surface area contributed by atoms with E-state index < -0.39 is 0 Å². The van der Waals surface area contributed by atoms with Crippen LogP contribution < -0.4 is 0 Å². The maximum Gasteiger partial charge on any atom is 0.123 e. The summed E-state index contributed by atoms with van der Waals surface area (Å²) in [6, 6.07) is 8.60. The molecule has 15 heavy (non-hydrogen) atoms. The van der Waals surface area contributed by atoms with Crippen molar-refractivity contribution >= 4 is 11.3 Å². The van der Waals surface area contributed by atoms with Gasteiger partial charge in [-0.15, -0.1) is 11.3 Å². The Labute approximate surface area is 94.2 Å². The molecule has 0 atom stereocenters. The Morgan fingerprint density at radius 3 is 2.47 bits per heavy atom. The molecular weight excluding hydrogens is 204 g/mol. The van der Waals surface area contributed by atoms with Crippen molar-refractivity contribution < 1.29 is 0 Å². The van der Waals surface area contributed by atoms with Crippen molar-refractivity contribution in [1.82, 2.24) is 9.88 Å². The molecule has 0 bridgehead atoms. The van der Waals surface area contributed by atoms with Crippen molar-refractivity contribution in [2.75, 3.05) is 14.1 Å². The van der Waals surface area contributed by atoms with Gasteiger partial charge in [-0.3, -0.25) is 0 Å². The van der Waals surface area contributed by atoms with Gasteiger partial charge in [0.05, 0.1) is 0 Å². The average molecular weight is 218 g/mol. The van der Waals surface area contributed by atoms with Gasteiger partial charge in [0, 0.05) is 23.7 Å². The Morgan fingerprint density at radius 1 is 1.20 bits per heavy atom. The lowest BCUT2D eigenvalue weighted by molar-refractivity contribution is 0.402. The second-order valence-corrected chi connectivity index (χ2v) is 4.67. The average Bonchev–Trinajstić information content (AvgIpc) is 2.71. The van der Waals surface area contributed by atoms with Crippen LogP contribution in [0.3, 0.4) is 0 Å². The van der Waals surface area contributed by atoms with Gasteiger partial charge in [-0.1, -0.05) is 24.3 Å². The van der Waals surface area contributed by atoms with Gasteiger partial charge in [0.1, 0.15) is 5.01 Å². The van der Waals surface area contributed by atoms with Gasteiger partial charge in [-0.2, -0.15) is 0 Å². The highest BCUT2D eigenvalue weighted by Gasteiger charge is 2.00. The molecule has 0 aliphatic heterocycles. The van der Waals surface area contributed by atoms with Crippen molar-refractivity contribution in [3.8, 4) is 10.6 Å². The van der Waals surface area contributed by atoms with Gasteiger partial charge in [0.15, 0.2) is 0 Å². The number of nitrogens with zero attached hydrogens (tertiary/aromatic N) is 2. The number of rotatable bonds is 3. The predicted molar refractivity (Wildman–Crippen MR) is 64.9 cm³/mol. The first kappa shape index (κ1) is 10.3. The molecule has 0 saturated carbocycles. The van der Waals surface area contributed by atoms with Gasteiger partial charge in [-0.25, -0.2) is 4.98 Å². The van der Waals surface area contributed by atoms with E-state index in [0.717, 1.165) is 11.6 Å². The summed E-state index contributed by atoms with van der Waals surface area (Å²) in [7, 11) is 4.16. The Kier molecular flexibility index (Phi) is 3.14. The Hall–Kier alpha value is -1.19. The molecule has 1 aromatic heterocycles. The molecule has 2 nitrogen and oxygen atoms in total. The minimum atomic E-state index is 0.984. The van der Waals surface area contributed by atoms with Gasteiger partial charge < -0.3 is 4.90 Å². The number of benzene rings is 1. The molecule has 0 aliphatic carbocycles. The fourth-order valence-corrected chi connectivity index (χ4v) is 2.13. The van der Waals surface area contributed by atoms with Crippen LogP contribution in [0.5, 0.6) is 0 Å². The molecule has 0 radical (unpaired) electrons. The summed E-state index contributed by atoms with van der Waals surface area (Å²) >= 11 is 1.67. The Balaban J connectivity index is 2.17. The van der Waals surface area contributed by atoms with E-state index in [2.05, 4.69) is 48.2 Å². The van der Waals surface area contributed by atoms with E-state index in [1.54, 1.807) is 11.3 Å². The minimum absolute atomic E-state index is 0.984. The molecule has 0 unspecified atom stereocenters. The SMILES string of the molecule is CN(C)Cc1ccc(-c2nccs2)cc1. The molecule has 0 amide bonds. The predicted octanol–water partition coefficient (Wildman–Crippen LogP) is 2.87. The second-order valence-electron chi connectivity index (χ2n) is 3.77. The quantitative estimate of drug-likeness (QED) is 0.787. The van der Waals surface area contributed by atoms with Crippen LogP contribution in [0, 0.1) is 0 Å². The molecule has 1 aromatic carbocycles. The monoisotopic (exact) mass is 218 g/mol. The number of hydrogen-bond acceptors (Lipinski definition) is 3. The Morgan fingerprint density at radius 2 is 1.93 bits per heavy atom. The van der Waals surface area contributed by atoms with Crippen LogP contribution in [0.25, 0.3) is 10.6 Å². The van der Waals surface area contributed by atoms with Gasteiger partial charge >= 0.3 is 0 Å². The van der Waals surface area contributed by atoms with E-state index in [-0.39, 0.29) is 0 Å². The molecule has 0 saturated heterocycles. The normalized spacial score (nSPS) is 10.9. The highest BCUT2D eigenvalue weighted by Crippen LogP contribution is 2.21. The molecule has 0 fully saturated rings. The zero-order valence-electron chi connectivity index (χ0n) is 8.97. The third kappa shape index (κ3) is 2.64. The summed E-state index contributed by atoms with van der Waals surface area (Å²) in [6.45, 7) is 0.984. The molecule has 78 valence electrons. The maximum absolute atomic E-state index is 4.29. The van der Waals surface area contributed by atoms with E-state index in [9.17, 15) is 0 Å². The van der Waals surface area contributed by atoms with E-state index in [1.807, 2.05) is 11.6 Å². The second kappa shape index (κ2) is 4.55. The summed E-state index contributed by atoms with van der Waals surface area (Å²) < 4.78 is 0. The highest BCUT2D eigenvalue weighted by atomic mass is 32.1. The van der Waals surface area contributed by atoms with Gasteiger partial charge in [0.25, 0.3) is 0 Å². The first-order chi connectivity index (χ1) is 7.25. The van der Waals surface area contributed by atoms with E-state index >= 15 is 0 Å². The zero-order valence-corrected chi connectivity index (χ0v) is 9.79. The standard InChI is InChI=1S/C12H14N2S/c1-14(2)9-10-3-5-11(6-4-10)12-13-7-8-15-12/h3-8H,9H2,1-2H3. The molecule has 0 N–H and O–H groups in total. The highest BCUT2D eigenvalue weighted by molar-refractivity contribution is 7.13. The molecule has 2 rings (SSSR count). The van der Waals surface area contributed by atoms with Crippen LogP contribution in [0.1, 0.15) is 5.56 Å². The lowest BCUT2D eigenvalue weighted by Crippen LogP contribution is -2.10. The van der Waals surface area contributed by atoms with Crippen molar-refractivity contribution in [2.24, 2.45) is 0 Å². The van der Waals surface area contributed by atoms with E-state index in [1.165, 1.54) is 11.1 Å². The lowest BCUT2D eigenvalue weighted by atomic mass is 10.1. The molecular formula is C12H14N2S. The van der Waals surface area contributed by atoms with Crippen molar-refractivity contribution in [3.63, 3.8) is 0 Å². The Bertz CT molecular complexity index is 404. The third-order valence-electron chi connectivity index (χ3n) is 2.13. The molecule has 2 aromatic rings. The number of thiazole rings is 1. The van der Waals surface area contributed by atoms with E-state index in [4.69, 9.17) is 0 Å². The number of hydrogen-bond donors (Lipinski definition) is 0. The van der Waals surface area contributed by atoms with E-state index in [0.29, 0.717) is 0 Å². The van der Waals surface area contributed by atoms with Crippen molar-refractivity contribution in [2.45, 2.75) is 6.54 Å². The van der Waals surface area contributed by atoms with Crippen molar-refractivity contribution in [3.05, 3.63) is 41.4 Å². The number of aromatic nitrogens is 1. The fourth-order valence-electron chi connectivity index (χ4n) is 1.48. The zero-order chi connectivity index (χ0) is 10.7. The molecule has 1 heterocycles. The van der Waals surface area contributed by atoms with Crippen LogP contribution >= 0.6 is 11.3 Å². The smallest absolute Gasteiger partial charge is 0.123 e. The largest absolute Gasteiger partial charge is 0.305 e. The van der Waals surface area contributed by atoms with Crippen LogP contribution in [-0.4, -0.2) is 24.0 Å². The van der Waals surface area contributed by atoms with Crippen molar-refractivity contribution in [1.29, 1.82) is 0 Å². The third-order valence-corrected chi connectivity index (χ3v) is 2.95. The minimum Gasteiger partial charge on any atom is -0.305 e. The maximum atomic E-state index is 4.29. The summed E-state index contributed by atoms with van der Waals surface area (Å²) in [5.74, 6) is 0. The topological polar surface area (TPSA) is 16.1 Å². The summed E-state index contributed by atoms with van der Waals surface area (Å²) in [5.41, 5.74) is 2.54. The summed E-state index contributed by atoms with van der Waals surface area (Å²) in [4.78, 5) is 6.45. The lowest BCUT2D eigenvalue weighted by Gasteiger charge is -2.09.